The number of piperidine rings is 1. The van der Waals surface area contributed by atoms with Crippen LogP contribution in [0.4, 0.5) is 5.82 Å². The molecule has 0 spiro atoms. The van der Waals surface area contributed by atoms with E-state index in [2.05, 4.69) is 14.8 Å². The second-order valence-corrected chi connectivity index (χ2v) is 6.51. The zero-order valence-electron chi connectivity index (χ0n) is 13.9. The number of hydrogen-bond acceptors (Lipinski definition) is 6. The predicted molar refractivity (Wildman–Crippen MR) is 90.8 cm³/mol. The highest BCUT2D eigenvalue weighted by atomic mass is 16.5. The molecule has 0 unspecified atom stereocenters. The molecule has 0 bridgehead atoms. The molecule has 1 atom stereocenters. The highest BCUT2D eigenvalue weighted by molar-refractivity contribution is 5.38. The van der Waals surface area contributed by atoms with Crippen molar-refractivity contribution in [2.45, 2.75) is 31.8 Å². The fourth-order valence-electron chi connectivity index (χ4n) is 3.51. The van der Waals surface area contributed by atoms with Gasteiger partial charge in [-0.1, -0.05) is 0 Å². The Morgan fingerprint density at radius 2 is 2.04 bits per heavy atom. The summed E-state index contributed by atoms with van der Waals surface area (Å²) in [7, 11) is 0. The van der Waals surface area contributed by atoms with Gasteiger partial charge in [0.05, 0.1) is 31.8 Å². The number of aromatic nitrogens is 2. The molecule has 0 amide bonds. The van der Waals surface area contributed by atoms with Crippen LogP contribution in [0.25, 0.3) is 0 Å². The molecule has 2 aromatic heterocycles. The van der Waals surface area contributed by atoms with Crippen LogP contribution in [0.5, 0.6) is 0 Å². The number of rotatable bonds is 4. The van der Waals surface area contributed by atoms with Crippen LogP contribution in [-0.4, -0.2) is 47.7 Å². The lowest BCUT2D eigenvalue weighted by atomic mass is 10.1. The molecule has 2 fully saturated rings. The normalized spacial score (nSPS) is 22.7. The van der Waals surface area contributed by atoms with Gasteiger partial charge in [-0.15, -0.1) is 0 Å². The Morgan fingerprint density at radius 1 is 1.12 bits per heavy atom. The average molecular weight is 328 g/mol. The van der Waals surface area contributed by atoms with Crippen LogP contribution in [0.3, 0.4) is 0 Å². The molecule has 6 heteroatoms. The van der Waals surface area contributed by atoms with Crippen LogP contribution in [-0.2, 0) is 11.3 Å². The summed E-state index contributed by atoms with van der Waals surface area (Å²) >= 11 is 0. The number of nitrogens with zero attached hydrogens (tertiary/aromatic N) is 4. The molecule has 2 saturated heterocycles. The van der Waals surface area contributed by atoms with Crippen LogP contribution < -0.4 is 4.90 Å². The van der Waals surface area contributed by atoms with E-state index in [0.717, 1.165) is 44.4 Å². The van der Waals surface area contributed by atoms with E-state index in [-0.39, 0.29) is 6.04 Å². The number of morpholine rings is 1. The Morgan fingerprint density at radius 3 is 2.88 bits per heavy atom. The van der Waals surface area contributed by atoms with E-state index in [0.29, 0.717) is 6.61 Å². The monoisotopic (exact) mass is 328 g/mol. The third-order valence-electron chi connectivity index (χ3n) is 4.84. The molecular formula is C18H24N4O2. The molecule has 4 heterocycles. The summed E-state index contributed by atoms with van der Waals surface area (Å²) in [6.07, 6.45) is 9.23. The van der Waals surface area contributed by atoms with Crippen molar-refractivity contribution in [3.05, 3.63) is 42.2 Å². The van der Waals surface area contributed by atoms with E-state index in [1.165, 1.54) is 24.8 Å². The van der Waals surface area contributed by atoms with Crippen LogP contribution in [0.1, 0.15) is 36.7 Å². The van der Waals surface area contributed by atoms with Crippen molar-refractivity contribution >= 4 is 5.82 Å². The van der Waals surface area contributed by atoms with Gasteiger partial charge in [0.25, 0.3) is 0 Å². The fraction of sp³-hybridized carbons (Fsp3) is 0.556. The maximum absolute atomic E-state index is 5.71. The first-order valence-electron chi connectivity index (χ1n) is 8.81. The van der Waals surface area contributed by atoms with Gasteiger partial charge in [-0.05, 0) is 31.4 Å². The lowest BCUT2D eigenvalue weighted by Gasteiger charge is -2.35. The first kappa shape index (κ1) is 15.6. The summed E-state index contributed by atoms with van der Waals surface area (Å²) in [6.45, 7) is 5.29. The van der Waals surface area contributed by atoms with Gasteiger partial charge in [0.1, 0.15) is 11.6 Å². The largest absolute Gasteiger partial charge is 0.472 e. The van der Waals surface area contributed by atoms with Gasteiger partial charge in [-0.25, -0.2) is 9.97 Å². The van der Waals surface area contributed by atoms with Gasteiger partial charge in [-0.2, -0.15) is 0 Å². The van der Waals surface area contributed by atoms with Crippen LogP contribution in [0.2, 0.25) is 0 Å². The Balaban J connectivity index is 1.53. The number of anilines is 1. The molecule has 2 aliphatic rings. The third kappa shape index (κ3) is 3.44. The topological polar surface area (TPSA) is 54.6 Å². The van der Waals surface area contributed by atoms with Gasteiger partial charge in [0, 0.05) is 37.9 Å². The molecule has 0 aliphatic carbocycles. The van der Waals surface area contributed by atoms with Crippen molar-refractivity contribution in [1.29, 1.82) is 0 Å². The van der Waals surface area contributed by atoms with Gasteiger partial charge in [0.2, 0.25) is 0 Å². The second kappa shape index (κ2) is 7.32. The highest BCUT2D eigenvalue weighted by Gasteiger charge is 2.28. The first-order valence-corrected chi connectivity index (χ1v) is 8.81. The summed E-state index contributed by atoms with van der Waals surface area (Å²) in [4.78, 5) is 14.2. The summed E-state index contributed by atoms with van der Waals surface area (Å²) in [5.74, 6) is 1.91. The zero-order valence-corrected chi connectivity index (χ0v) is 13.9. The van der Waals surface area contributed by atoms with Crippen LogP contribution in [0.15, 0.2) is 35.3 Å². The fourth-order valence-corrected chi connectivity index (χ4v) is 3.51. The van der Waals surface area contributed by atoms with Crippen molar-refractivity contribution in [2.75, 3.05) is 37.7 Å². The van der Waals surface area contributed by atoms with Crippen LogP contribution in [0, 0.1) is 0 Å². The quantitative estimate of drug-likeness (QED) is 0.860. The average Bonchev–Trinajstić information content (AvgIpc) is 3.16. The van der Waals surface area contributed by atoms with Crippen molar-refractivity contribution in [1.82, 2.24) is 14.9 Å². The summed E-state index contributed by atoms with van der Waals surface area (Å²) in [6, 6.07) is 4.13. The molecule has 0 aromatic carbocycles. The van der Waals surface area contributed by atoms with Gasteiger partial charge < -0.3 is 14.1 Å². The molecule has 2 aliphatic heterocycles. The Kier molecular flexibility index (Phi) is 4.76. The minimum atomic E-state index is 0.0957. The summed E-state index contributed by atoms with van der Waals surface area (Å²) < 4.78 is 10.9. The van der Waals surface area contributed by atoms with Gasteiger partial charge in [-0.3, -0.25) is 4.90 Å². The van der Waals surface area contributed by atoms with E-state index < -0.39 is 0 Å². The minimum Gasteiger partial charge on any atom is -0.472 e. The number of furan rings is 1. The molecule has 24 heavy (non-hydrogen) atoms. The zero-order chi connectivity index (χ0) is 16.2. The molecule has 6 nitrogen and oxygen atoms in total. The summed E-state index contributed by atoms with van der Waals surface area (Å²) in [5.41, 5.74) is 1.18. The molecule has 0 radical (unpaired) electrons. The SMILES string of the molecule is c1cc(N2CCCCC2)nc([C@@H]2COCCN2Cc2ccoc2)n1. The lowest BCUT2D eigenvalue weighted by molar-refractivity contribution is -0.0159. The predicted octanol–water partition coefficient (Wildman–Crippen LogP) is 2.63. The highest BCUT2D eigenvalue weighted by Crippen LogP contribution is 2.25. The molecule has 4 rings (SSSR count). The van der Waals surface area contributed by atoms with E-state index in [1.807, 2.05) is 18.3 Å². The smallest absolute Gasteiger partial charge is 0.150 e. The van der Waals surface area contributed by atoms with Gasteiger partial charge in [0.15, 0.2) is 0 Å². The second-order valence-electron chi connectivity index (χ2n) is 6.51. The number of ether oxygens (including phenoxy) is 1. The molecule has 0 N–H and O–H groups in total. The van der Waals surface area contributed by atoms with E-state index in [4.69, 9.17) is 14.1 Å². The van der Waals surface area contributed by atoms with Crippen molar-refractivity contribution in [2.24, 2.45) is 0 Å². The molecule has 0 saturated carbocycles. The third-order valence-corrected chi connectivity index (χ3v) is 4.84. The maximum Gasteiger partial charge on any atom is 0.150 e. The molecule has 128 valence electrons. The van der Waals surface area contributed by atoms with Crippen molar-refractivity contribution in [3.8, 4) is 0 Å². The Bertz CT molecular complexity index is 640. The number of hydrogen-bond donors (Lipinski definition) is 0. The van der Waals surface area contributed by atoms with E-state index in [1.54, 1.807) is 12.5 Å². The van der Waals surface area contributed by atoms with Crippen LogP contribution >= 0.6 is 0 Å². The lowest BCUT2D eigenvalue weighted by Crippen LogP contribution is -2.40. The first-order chi connectivity index (χ1) is 11.9. The van der Waals surface area contributed by atoms with Gasteiger partial charge >= 0.3 is 0 Å². The molecule has 2 aromatic rings. The van der Waals surface area contributed by atoms with Crippen molar-refractivity contribution < 1.29 is 9.15 Å². The molecular weight excluding hydrogens is 304 g/mol. The van der Waals surface area contributed by atoms with E-state index in [9.17, 15) is 0 Å². The minimum absolute atomic E-state index is 0.0957. The van der Waals surface area contributed by atoms with Crippen molar-refractivity contribution in [3.63, 3.8) is 0 Å². The maximum atomic E-state index is 5.71. The Hall–Kier alpha value is -1.92. The summed E-state index contributed by atoms with van der Waals surface area (Å²) in [5, 5.41) is 0. The standard InChI is InChI=1S/C18H24N4O2/c1-2-7-21(8-3-1)17-4-6-19-18(20-17)16-14-24-11-9-22(16)12-15-5-10-23-13-15/h4-6,10,13,16H,1-3,7-9,11-12,14H2/t16-/m0/s1. The Labute approximate surface area is 142 Å². The van der Waals surface area contributed by atoms with E-state index >= 15 is 0 Å².